The molecule has 0 spiro atoms. The van der Waals surface area contributed by atoms with Gasteiger partial charge in [0.15, 0.2) is 4.80 Å². The van der Waals surface area contributed by atoms with Gasteiger partial charge >= 0.3 is 5.97 Å². The number of esters is 1. The summed E-state index contributed by atoms with van der Waals surface area (Å²) in [6, 6.07) is 13.6. The monoisotopic (exact) mass is 595 g/mol. The summed E-state index contributed by atoms with van der Waals surface area (Å²) in [6.07, 6.45) is 3.33. The molecule has 0 unspecified atom stereocenters. The number of hydrogen-bond acceptors (Lipinski definition) is 6. The largest absolute Gasteiger partial charge is 0.463 e. The molecule has 200 valence electrons. The Hall–Kier alpha value is -2.97. The molecule has 0 N–H and O–H groups in total. The number of nitrogens with zero attached hydrogens (tertiary/aromatic N) is 3. The first-order valence-electron chi connectivity index (χ1n) is 12.9. The average Bonchev–Trinajstić information content (AvgIpc) is 3.17. The molecule has 2 heterocycles. The van der Waals surface area contributed by atoms with E-state index in [9.17, 15) is 9.59 Å². The Balaban J connectivity index is 1.95. The Kier molecular flexibility index (Phi) is 8.73. The van der Waals surface area contributed by atoms with Crippen LogP contribution in [-0.2, 0) is 9.53 Å². The molecule has 8 heteroatoms. The number of thiazole rings is 1. The average molecular weight is 597 g/mol. The topological polar surface area (TPSA) is 63.9 Å². The van der Waals surface area contributed by atoms with Crippen molar-refractivity contribution in [2.45, 2.75) is 52.5 Å². The number of fused-ring (bicyclic) bond motifs is 1. The van der Waals surface area contributed by atoms with Gasteiger partial charge in [-0.25, -0.2) is 9.79 Å². The fourth-order valence-corrected chi connectivity index (χ4v) is 6.40. The lowest BCUT2D eigenvalue weighted by molar-refractivity contribution is -0.139. The Morgan fingerprint density at radius 2 is 1.89 bits per heavy atom. The van der Waals surface area contributed by atoms with E-state index >= 15 is 0 Å². The highest BCUT2D eigenvalue weighted by Gasteiger charge is 2.34. The van der Waals surface area contributed by atoms with Crippen LogP contribution in [-0.4, -0.2) is 31.2 Å². The molecule has 0 saturated heterocycles. The summed E-state index contributed by atoms with van der Waals surface area (Å²) in [4.78, 5) is 34.7. The van der Waals surface area contributed by atoms with E-state index in [1.165, 1.54) is 16.9 Å². The normalized spacial score (nSPS) is 15.5. The van der Waals surface area contributed by atoms with E-state index in [2.05, 4.69) is 48.8 Å². The second-order valence-electron chi connectivity index (χ2n) is 9.84. The van der Waals surface area contributed by atoms with Crippen LogP contribution in [0.25, 0.3) is 6.08 Å². The van der Waals surface area contributed by atoms with Crippen LogP contribution in [0, 0.1) is 0 Å². The molecule has 0 bridgehead atoms. The van der Waals surface area contributed by atoms with Crippen LogP contribution < -0.4 is 19.8 Å². The van der Waals surface area contributed by atoms with E-state index in [0.29, 0.717) is 32.9 Å². The molecule has 0 fully saturated rings. The molecular weight excluding hydrogens is 562 g/mol. The highest BCUT2D eigenvalue weighted by molar-refractivity contribution is 9.10. The number of carbonyl (C=O) groups is 1. The Morgan fingerprint density at radius 1 is 1.18 bits per heavy atom. The van der Waals surface area contributed by atoms with E-state index in [1.54, 1.807) is 11.5 Å². The van der Waals surface area contributed by atoms with Gasteiger partial charge in [-0.15, -0.1) is 0 Å². The maximum Gasteiger partial charge on any atom is 0.338 e. The second-order valence-corrected chi connectivity index (χ2v) is 11.7. The predicted molar refractivity (Wildman–Crippen MR) is 159 cm³/mol. The third kappa shape index (κ3) is 5.57. The summed E-state index contributed by atoms with van der Waals surface area (Å²) in [5, 5.41) is 0. The van der Waals surface area contributed by atoms with Crippen molar-refractivity contribution in [1.29, 1.82) is 0 Å². The summed E-state index contributed by atoms with van der Waals surface area (Å²) in [5.74, 6) is -0.0462. The zero-order chi connectivity index (χ0) is 27.6. The van der Waals surface area contributed by atoms with Gasteiger partial charge in [0.05, 0.1) is 34.1 Å². The number of benzene rings is 2. The van der Waals surface area contributed by atoms with Crippen molar-refractivity contribution in [1.82, 2.24) is 4.57 Å². The predicted octanol–water partition coefficient (Wildman–Crippen LogP) is 5.53. The fraction of sp³-hybridized carbons (Fsp3) is 0.367. The highest BCUT2D eigenvalue weighted by atomic mass is 79.9. The van der Waals surface area contributed by atoms with Crippen molar-refractivity contribution < 1.29 is 9.53 Å². The summed E-state index contributed by atoms with van der Waals surface area (Å²) < 4.78 is 8.66. The molecule has 38 heavy (non-hydrogen) atoms. The van der Waals surface area contributed by atoms with Gasteiger partial charge in [-0.3, -0.25) is 9.36 Å². The minimum atomic E-state index is -0.599. The molecule has 4 rings (SSSR count). The zero-order valence-corrected chi connectivity index (χ0v) is 25.1. The number of carbonyl (C=O) groups excluding carboxylic acids is 1. The van der Waals surface area contributed by atoms with Gasteiger partial charge in [-0.1, -0.05) is 68.9 Å². The van der Waals surface area contributed by atoms with Gasteiger partial charge in [0, 0.05) is 18.6 Å². The van der Waals surface area contributed by atoms with E-state index in [-0.39, 0.29) is 12.2 Å². The lowest BCUT2D eigenvalue weighted by Crippen LogP contribution is -2.40. The molecule has 2 aromatic carbocycles. The first-order chi connectivity index (χ1) is 18.2. The number of anilines is 1. The molecule has 1 aliphatic heterocycles. The van der Waals surface area contributed by atoms with E-state index in [4.69, 9.17) is 9.73 Å². The standard InChI is InChI=1S/C30H34BrN3O3S/c1-7-9-23-26(29(36)37-8-2)27(21-13-11-20(12-14-21)18(3)4)34-28(35)25(38-30(34)32-23)17-19-10-15-24(33(5)6)22(31)16-19/h10-18,27H,7-9H2,1-6H3/b25-17-/t27-/m1/s1. The molecule has 0 amide bonds. The molecule has 6 nitrogen and oxygen atoms in total. The summed E-state index contributed by atoms with van der Waals surface area (Å²) in [5.41, 5.74) is 4.99. The van der Waals surface area contributed by atoms with Crippen LogP contribution in [0.1, 0.15) is 69.2 Å². The highest BCUT2D eigenvalue weighted by Crippen LogP contribution is 2.33. The smallest absolute Gasteiger partial charge is 0.338 e. The molecule has 1 aliphatic rings. The van der Waals surface area contributed by atoms with Crippen LogP contribution in [0.3, 0.4) is 0 Å². The van der Waals surface area contributed by atoms with Gasteiger partial charge in [0.25, 0.3) is 5.56 Å². The van der Waals surface area contributed by atoms with Crippen LogP contribution in [0.2, 0.25) is 0 Å². The lowest BCUT2D eigenvalue weighted by atomic mass is 9.92. The molecule has 1 atom stereocenters. The van der Waals surface area contributed by atoms with Crippen molar-refractivity contribution in [2.24, 2.45) is 4.99 Å². The van der Waals surface area contributed by atoms with E-state index in [1.807, 2.05) is 55.4 Å². The Bertz CT molecular complexity index is 1550. The lowest BCUT2D eigenvalue weighted by Gasteiger charge is -2.26. The molecule has 0 aliphatic carbocycles. The van der Waals surface area contributed by atoms with Gasteiger partial charge in [0.2, 0.25) is 0 Å². The van der Waals surface area contributed by atoms with Crippen LogP contribution in [0.15, 0.2) is 68.0 Å². The number of aromatic nitrogens is 1. The molecule has 0 saturated carbocycles. The van der Waals surface area contributed by atoms with Crippen molar-refractivity contribution in [3.8, 4) is 0 Å². The molecule has 0 radical (unpaired) electrons. The van der Waals surface area contributed by atoms with Gasteiger partial charge in [-0.05, 0) is 70.1 Å². The molecule has 3 aromatic rings. The van der Waals surface area contributed by atoms with Gasteiger partial charge < -0.3 is 9.64 Å². The minimum absolute atomic E-state index is 0.170. The van der Waals surface area contributed by atoms with Crippen molar-refractivity contribution in [2.75, 3.05) is 25.6 Å². The van der Waals surface area contributed by atoms with E-state index < -0.39 is 12.0 Å². The Labute approximate surface area is 236 Å². The number of rotatable bonds is 8. The van der Waals surface area contributed by atoms with Crippen molar-refractivity contribution in [3.05, 3.63) is 94.6 Å². The zero-order valence-electron chi connectivity index (χ0n) is 22.7. The third-order valence-electron chi connectivity index (χ3n) is 6.56. The van der Waals surface area contributed by atoms with Crippen LogP contribution >= 0.6 is 27.3 Å². The van der Waals surface area contributed by atoms with Crippen molar-refractivity contribution in [3.63, 3.8) is 0 Å². The Morgan fingerprint density at radius 3 is 2.47 bits per heavy atom. The fourth-order valence-electron chi connectivity index (χ4n) is 4.63. The number of halogens is 1. The van der Waals surface area contributed by atoms with Crippen LogP contribution in [0.4, 0.5) is 5.69 Å². The SMILES string of the molecule is CCCC1=C(C(=O)OCC)[C@@H](c2ccc(C(C)C)cc2)n2c(s/c(=C\c3ccc(N(C)C)c(Br)c3)c2=O)=N1. The molecular formula is C30H34BrN3O3S. The second kappa shape index (κ2) is 11.8. The minimum Gasteiger partial charge on any atom is -0.463 e. The summed E-state index contributed by atoms with van der Waals surface area (Å²) in [7, 11) is 3.97. The quantitative estimate of drug-likeness (QED) is 0.321. The van der Waals surface area contributed by atoms with Gasteiger partial charge in [-0.2, -0.15) is 0 Å². The third-order valence-corrected chi connectivity index (χ3v) is 8.18. The van der Waals surface area contributed by atoms with Crippen LogP contribution in [0.5, 0.6) is 0 Å². The number of allylic oxidation sites excluding steroid dienone is 1. The van der Waals surface area contributed by atoms with Gasteiger partial charge in [0.1, 0.15) is 0 Å². The van der Waals surface area contributed by atoms with Crippen molar-refractivity contribution >= 4 is 45.0 Å². The first kappa shape index (κ1) is 28.0. The molecule has 1 aromatic heterocycles. The number of hydrogen-bond donors (Lipinski definition) is 0. The first-order valence-corrected chi connectivity index (χ1v) is 14.6. The number of ether oxygens (including phenoxy) is 1. The summed E-state index contributed by atoms with van der Waals surface area (Å²) >= 11 is 4.99. The maximum absolute atomic E-state index is 13.9. The summed E-state index contributed by atoms with van der Waals surface area (Å²) in [6.45, 7) is 8.39. The van der Waals surface area contributed by atoms with E-state index in [0.717, 1.165) is 27.7 Å². The maximum atomic E-state index is 13.9.